The normalized spacial score (nSPS) is 11.6. The first-order valence-corrected chi connectivity index (χ1v) is 4.81. The number of rotatable bonds is 2. The van der Waals surface area contributed by atoms with Crippen LogP contribution in [0.2, 0.25) is 5.02 Å². The molecule has 3 nitrogen and oxygen atoms in total. The minimum Gasteiger partial charge on any atom is -0.387 e. The molecule has 1 rings (SSSR count). The number of alkyl halides is 3. The summed E-state index contributed by atoms with van der Waals surface area (Å²) in [7, 11) is 0. The molecule has 0 saturated heterocycles. The van der Waals surface area contributed by atoms with E-state index in [1.165, 1.54) is 6.07 Å². The lowest BCUT2D eigenvalue weighted by molar-refractivity contribution is -0.276. The molecule has 0 bridgehead atoms. The highest BCUT2D eigenvalue weighted by Crippen LogP contribution is 2.30. The maximum Gasteiger partial charge on any atom is 0.574 e. The number of halogens is 5. The number of nitrogens with zero attached hydrogens (tertiary/aromatic N) is 1. The van der Waals surface area contributed by atoms with Crippen LogP contribution in [0.1, 0.15) is 5.56 Å². The summed E-state index contributed by atoms with van der Waals surface area (Å²) in [6.07, 6.45) is -4.80. The van der Waals surface area contributed by atoms with E-state index in [4.69, 9.17) is 17.3 Å². The predicted molar refractivity (Wildman–Crippen MR) is 51.5 cm³/mol. The highest BCUT2D eigenvalue weighted by molar-refractivity contribution is 9.10. The molecule has 84 valence electrons. The van der Waals surface area contributed by atoms with Gasteiger partial charge >= 0.3 is 6.36 Å². The SMILES string of the molecule is NCc1cc(Cl)c(Br)nc1OC(F)(F)F. The van der Waals surface area contributed by atoms with Crippen LogP contribution in [0.3, 0.4) is 0 Å². The van der Waals surface area contributed by atoms with E-state index in [-0.39, 0.29) is 21.7 Å². The molecule has 0 aliphatic heterocycles. The molecular formula is C7H5BrClF3N2O. The summed E-state index contributed by atoms with van der Waals surface area (Å²) >= 11 is 8.52. The fourth-order valence-corrected chi connectivity index (χ4v) is 1.28. The summed E-state index contributed by atoms with van der Waals surface area (Å²) in [4.78, 5) is 3.49. The average Bonchev–Trinajstić information content (AvgIpc) is 2.08. The van der Waals surface area contributed by atoms with Crippen LogP contribution >= 0.6 is 27.5 Å². The Morgan fingerprint density at radius 3 is 2.60 bits per heavy atom. The topological polar surface area (TPSA) is 48.1 Å². The van der Waals surface area contributed by atoms with Gasteiger partial charge in [-0.3, -0.25) is 0 Å². The van der Waals surface area contributed by atoms with Gasteiger partial charge in [-0.25, -0.2) is 4.98 Å². The fraction of sp³-hybridized carbons (Fsp3) is 0.286. The molecule has 0 aromatic carbocycles. The van der Waals surface area contributed by atoms with Crippen molar-refractivity contribution in [2.45, 2.75) is 12.9 Å². The van der Waals surface area contributed by atoms with E-state index in [1.54, 1.807) is 0 Å². The fourth-order valence-electron chi connectivity index (χ4n) is 0.833. The van der Waals surface area contributed by atoms with Gasteiger partial charge in [0.2, 0.25) is 5.88 Å². The van der Waals surface area contributed by atoms with Crippen LogP contribution < -0.4 is 10.5 Å². The van der Waals surface area contributed by atoms with Gasteiger partial charge in [0, 0.05) is 12.1 Å². The minimum atomic E-state index is -4.80. The molecule has 15 heavy (non-hydrogen) atoms. The lowest BCUT2D eigenvalue weighted by Gasteiger charge is -2.11. The first-order valence-electron chi connectivity index (χ1n) is 3.64. The van der Waals surface area contributed by atoms with Crippen molar-refractivity contribution in [3.8, 4) is 5.88 Å². The van der Waals surface area contributed by atoms with E-state index in [1.807, 2.05) is 0 Å². The van der Waals surface area contributed by atoms with Crippen LogP contribution in [0, 0.1) is 0 Å². The van der Waals surface area contributed by atoms with Crippen LogP contribution in [0.25, 0.3) is 0 Å². The standard InChI is InChI=1S/C7H5BrClF3N2O/c8-5-4(9)1-3(2-13)6(14-5)15-7(10,11)12/h1H,2,13H2. The third-order valence-electron chi connectivity index (χ3n) is 1.40. The first-order chi connectivity index (χ1) is 6.83. The van der Waals surface area contributed by atoms with Crippen molar-refractivity contribution >= 4 is 27.5 Å². The molecule has 0 atom stereocenters. The summed E-state index contributed by atoms with van der Waals surface area (Å²) < 4.78 is 39.6. The highest BCUT2D eigenvalue weighted by atomic mass is 79.9. The molecule has 0 aliphatic rings. The van der Waals surface area contributed by atoms with Crippen molar-refractivity contribution in [3.05, 3.63) is 21.3 Å². The van der Waals surface area contributed by atoms with E-state index < -0.39 is 12.2 Å². The van der Waals surface area contributed by atoms with E-state index >= 15 is 0 Å². The first kappa shape index (κ1) is 12.5. The van der Waals surface area contributed by atoms with Gasteiger partial charge in [-0.15, -0.1) is 13.2 Å². The van der Waals surface area contributed by atoms with E-state index in [9.17, 15) is 13.2 Å². The zero-order chi connectivity index (χ0) is 11.6. The number of hydrogen-bond acceptors (Lipinski definition) is 3. The Hall–Kier alpha value is -0.530. The largest absolute Gasteiger partial charge is 0.574 e. The molecule has 0 saturated carbocycles. The van der Waals surface area contributed by atoms with Gasteiger partial charge in [-0.05, 0) is 22.0 Å². The Bertz CT molecular complexity index is 372. The highest BCUT2D eigenvalue weighted by Gasteiger charge is 2.33. The van der Waals surface area contributed by atoms with Gasteiger partial charge < -0.3 is 10.5 Å². The molecule has 0 spiro atoms. The van der Waals surface area contributed by atoms with Crippen LogP contribution in [-0.4, -0.2) is 11.3 Å². The smallest absolute Gasteiger partial charge is 0.387 e. The molecule has 8 heteroatoms. The van der Waals surface area contributed by atoms with E-state index in [0.717, 1.165) is 0 Å². The summed E-state index contributed by atoms with van der Waals surface area (Å²) in [6.45, 7) is -0.147. The minimum absolute atomic E-state index is 0.0700. The second-order valence-corrected chi connectivity index (χ2v) is 3.64. The number of nitrogens with two attached hydrogens (primary N) is 1. The second kappa shape index (κ2) is 4.54. The van der Waals surface area contributed by atoms with Gasteiger partial charge in [0.1, 0.15) is 4.60 Å². The molecule has 0 amide bonds. The molecule has 2 N–H and O–H groups in total. The summed E-state index contributed by atoms with van der Waals surface area (Å²) in [6, 6.07) is 1.26. The zero-order valence-electron chi connectivity index (χ0n) is 7.11. The Morgan fingerprint density at radius 2 is 2.13 bits per heavy atom. The number of pyridine rings is 1. The van der Waals surface area contributed by atoms with Crippen LogP contribution in [0.4, 0.5) is 13.2 Å². The van der Waals surface area contributed by atoms with E-state index in [2.05, 4.69) is 25.7 Å². The second-order valence-electron chi connectivity index (χ2n) is 2.48. The number of hydrogen-bond donors (Lipinski definition) is 1. The summed E-state index contributed by atoms with van der Waals surface area (Å²) in [5.41, 5.74) is 5.31. The van der Waals surface area contributed by atoms with Gasteiger partial charge in [-0.1, -0.05) is 11.6 Å². The Kier molecular flexibility index (Phi) is 3.80. The Labute approximate surface area is 96.5 Å². The lowest BCUT2D eigenvalue weighted by atomic mass is 10.3. The molecule has 0 aliphatic carbocycles. The zero-order valence-corrected chi connectivity index (χ0v) is 9.45. The molecule has 1 heterocycles. The van der Waals surface area contributed by atoms with Crippen molar-refractivity contribution in [3.63, 3.8) is 0 Å². The van der Waals surface area contributed by atoms with Gasteiger partial charge in [0.05, 0.1) is 5.02 Å². The predicted octanol–water partition coefficient (Wildman–Crippen LogP) is 2.85. The Balaban J connectivity index is 3.11. The van der Waals surface area contributed by atoms with Crippen LogP contribution in [-0.2, 0) is 6.54 Å². The van der Waals surface area contributed by atoms with Gasteiger partial charge in [0.15, 0.2) is 0 Å². The average molecular weight is 305 g/mol. The monoisotopic (exact) mass is 304 g/mol. The Morgan fingerprint density at radius 1 is 1.53 bits per heavy atom. The van der Waals surface area contributed by atoms with Crippen molar-refractivity contribution < 1.29 is 17.9 Å². The number of ether oxygens (including phenoxy) is 1. The quantitative estimate of drug-likeness (QED) is 0.855. The number of aromatic nitrogens is 1. The maximum absolute atomic E-state index is 11.9. The van der Waals surface area contributed by atoms with Crippen molar-refractivity contribution in [1.82, 2.24) is 4.98 Å². The molecular weight excluding hydrogens is 300 g/mol. The molecule has 0 unspecified atom stereocenters. The molecule has 1 aromatic heterocycles. The maximum atomic E-state index is 11.9. The third-order valence-corrected chi connectivity index (χ3v) is 2.53. The molecule has 1 aromatic rings. The molecule has 0 radical (unpaired) electrons. The van der Waals surface area contributed by atoms with Crippen molar-refractivity contribution in [1.29, 1.82) is 0 Å². The van der Waals surface area contributed by atoms with Crippen LogP contribution in [0.5, 0.6) is 5.88 Å². The summed E-state index contributed by atoms with van der Waals surface area (Å²) in [5, 5.41) is 0.171. The van der Waals surface area contributed by atoms with Crippen LogP contribution in [0.15, 0.2) is 10.7 Å². The van der Waals surface area contributed by atoms with Gasteiger partial charge in [-0.2, -0.15) is 0 Å². The van der Waals surface area contributed by atoms with Crippen molar-refractivity contribution in [2.24, 2.45) is 5.73 Å². The summed E-state index contributed by atoms with van der Waals surface area (Å²) in [5.74, 6) is -0.596. The van der Waals surface area contributed by atoms with E-state index in [0.29, 0.717) is 0 Å². The lowest BCUT2D eigenvalue weighted by Crippen LogP contribution is -2.19. The third kappa shape index (κ3) is 3.51. The van der Waals surface area contributed by atoms with Crippen molar-refractivity contribution in [2.75, 3.05) is 0 Å². The molecule has 0 fully saturated rings. The van der Waals surface area contributed by atoms with Gasteiger partial charge in [0.25, 0.3) is 0 Å².